The highest BCUT2D eigenvalue weighted by atomic mass is 35.5. The lowest BCUT2D eigenvalue weighted by Gasteiger charge is -2.10. The van der Waals surface area contributed by atoms with Crippen molar-refractivity contribution in [2.24, 2.45) is 0 Å². The number of benzene rings is 2. The Bertz CT molecular complexity index is 638. The highest BCUT2D eigenvalue weighted by molar-refractivity contribution is 6.34. The number of carbonyl (C=O) groups excluding carboxylic acids is 1. The largest absolute Gasteiger partial charge is 0.398 e. The van der Waals surface area contributed by atoms with Gasteiger partial charge >= 0.3 is 0 Å². The van der Waals surface area contributed by atoms with E-state index in [1.807, 2.05) is 26.0 Å². The van der Waals surface area contributed by atoms with Crippen molar-refractivity contribution in [3.05, 3.63) is 58.1 Å². The van der Waals surface area contributed by atoms with Gasteiger partial charge in [0.1, 0.15) is 0 Å². The summed E-state index contributed by atoms with van der Waals surface area (Å²) in [7, 11) is 0. The maximum Gasteiger partial charge on any atom is 0.257 e. The third kappa shape index (κ3) is 3.06. The minimum Gasteiger partial charge on any atom is -0.398 e. The minimum atomic E-state index is -0.257. The molecule has 0 aliphatic heterocycles. The highest BCUT2D eigenvalue weighted by Crippen LogP contribution is 2.24. The fourth-order valence-electron chi connectivity index (χ4n) is 1.78. The summed E-state index contributed by atoms with van der Waals surface area (Å²) in [5.74, 6) is -0.257. The van der Waals surface area contributed by atoms with Crippen molar-refractivity contribution in [1.29, 1.82) is 0 Å². The predicted molar refractivity (Wildman–Crippen MR) is 79.7 cm³/mol. The van der Waals surface area contributed by atoms with Gasteiger partial charge in [-0.3, -0.25) is 4.79 Å². The highest BCUT2D eigenvalue weighted by Gasteiger charge is 2.11. The number of nitrogen functional groups attached to an aromatic ring is 1. The molecule has 0 aliphatic rings. The van der Waals surface area contributed by atoms with E-state index >= 15 is 0 Å². The Morgan fingerprint density at radius 2 is 1.74 bits per heavy atom. The van der Waals surface area contributed by atoms with E-state index in [0.717, 1.165) is 11.1 Å². The molecular weight excluding hydrogens is 260 g/mol. The van der Waals surface area contributed by atoms with Crippen LogP contribution in [0.1, 0.15) is 21.5 Å². The molecule has 4 heteroatoms. The molecule has 0 unspecified atom stereocenters. The Morgan fingerprint density at radius 3 is 2.42 bits per heavy atom. The monoisotopic (exact) mass is 274 g/mol. The standard InChI is InChI=1S/C15H15ClN2O/c1-9-3-5-13(17)11(7-9)15(19)18-14-6-4-10(2)8-12(14)16/h3-8H,17H2,1-2H3,(H,18,19). The number of aryl methyl sites for hydroxylation is 2. The van der Waals surface area contributed by atoms with Crippen molar-refractivity contribution in [3.63, 3.8) is 0 Å². The van der Waals surface area contributed by atoms with Crippen molar-refractivity contribution in [2.45, 2.75) is 13.8 Å². The quantitative estimate of drug-likeness (QED) is 0.819. The van der Waals surface area contributed by atoms with Crippen LogP contribution in [0, 0.1) is 13.8 Å². The van der Waals surface area contributed by atoms with Gasteiger partial charge in [-0.05, 0) is 43.7 Å². The lowest BCUT2D eigenvalue weighted by molar-refractivity contribution is 0.102. The van der Waals surface area contributed by atoms with Gasteiger partial charge in [0.25, 0.3) is 5.91 Å². The molecule has 0 saturated carbocycles. The molecule has 0 spiro atoms. The lowest BCUT2D eigenvalue weighted by Crippen LogP contribution is -2.14. The molecule has 98 valence electrons. The van der Waals surface area contributed by atoms with Crippen molar-refractivity contribution in [2.75, 3.05) is 11.1 Å². The Kier molecular flexibility index (Phi) is 3.76. The first-order valence-electron chi connectivity index (χ1n) is 5.91. The van der Waals surface area contributed by atoms with Crippen LogP contribution in [0.25, 0.3) is 0 Å². The topological polar surface area (TPSA) is 55.1 Å². The van der Waals surface area contributed by atoms with Crippen LogP contribution in [-0.2, 0) is 0 Å². The maximum atomic E-state index is 12.2. The molecule has 1 amide bonds. The number of rotatable bonds is 2. The molecular formula is C15H15ClN2O. The van der Waals surface area contributed by atoms with Crippen molar-refractivity contribution >= 4 is 28.9 Å². The fraction of sp³-hybridized carbons (Fsp3) is 0.133. The van der Waals surface area contributed by atoms with Crippen LogP contribution in [0.5, 0.6) is 0 Å². The summed E-state index contributed by atoms with van der Waals surface area (Å²) < 4.78 is 0. The number of hydrogen-bond acceptors (Lipinski definition) is 2. The van der Waals surface area contributed by atoms with Crippen LogP contribution in [0.4, 0.5) is 11.4 Å². The summed E-state index contributed by atoms with van der Waals surface area (Å²) in [6.45, 7) is 3.85. The van der Waals surface area contributed by atoms with Gasteiger partial charge in [-0.2, -0.15) is 0 Å². The summed E-state index contributed by atoms with van der Waals surface area (Å²) in [6.07, 6.45) is 0. The van der Waals surface area contributed by atoms with Crippen LogP contribution in [-0.4, -0.2) is 5.91 Å². The van der Waals surface area contributed by atoms with E-state index in [4.69, 9.17) is 17.3 Å². The first kappa shape index (κ1) is 13.4. The van der Waals surface area contributed by atoms with Gasteiger partial charge in [-0.15, -0.1) is 0 Å². The smallest absolute Gasteiger partial charge is 0.257 e. The Balaban J connectivity index is 2.28. The van der Waals surface area contributed by atoms with E-state index in [1.54, 1.807) is 24.3 Å². The Labute approximate surface area is 117 Å². The van der Waals surface area contributed by atoms with Crippen LogP contribution in [0.3, 0.4) is 0 Å². The number of anilines is 2. The van der Waals surface area contributed by atoms with Gasteiger partial charge in [-0.25, -0.2) is 0 Å². The third-order valence-corrected chi connectivity index (χ3v) is 3.14. The number of amides is 1. The number of nitrogens with two attached hydrogens (primary N) is 1. The normalized spacial score (nSPS) is 10.3. The van der Waals surface area contributed by atoms with E-state index < -0.39 is 0 Å². The van der Waals surface area contributed by atoms with Crippen molar-refractivity contribution in [3.8, 4) is 0 Å². The molecule has 19 heavy (non-hydrogen) atoms. The zero-order valence-electron chi connectivity index (χ0n) is 10.8. The number of carbonyl (C=O) groups is 1. The molecule has 0 aliphatic carbocycles. The first-order valence-corrected chi connectivity index (χ1v) is 6.29. The molecule has 2 aromatic carbocycles. The van der Waals surface area contributed by atoms with Gasteiger partial charge in [-0.1, -0.05) is 29.3 Å². The SMILES string of the molecule is Cc1ccc(NC(=O)c2cc(C)ccc2N)c(Cl)c1. The summed E-state index contributed by atoms with van der Waals surface area (Å²) in [5, 5.41) is 3.28. The van der Waals surface area contributed by atoms with E-state index in [-0.39, 0.29) is 5.91 Å². The van der Waals surface area contributed by atoms with Gasteiger partial charge in [0.2, 0.25) is 0 Å². The molecule has 0 heterocycles. The Morgan fingerprint density at radius 1 is 1.11 bits per heavy atom. The second-order valence-corrected chi connectivity index (χ2v) is 4.94. The first-order chi connectivity index (χ1) is 8.97. The molecule has 0 bridgehead atoms. The molecule has 0 saturated heterocycles. The van der Waals surface area contributed by atoms with Gasteiger partial charge < -0.3 is 11.1 Å². The van der Waals surface area contributed by atoms with Crippen molar-refractivity contribution < 1.29 is 4.79 Å². The molecule has 3 N–H and O–H groups in total. The van der Waals surface area contributed by atoms with E-state index in [0.29, 0.717) is 22.0 Å². The third-order valence-electron chi connectivity index (χ3n) is 2.83. The molecule has 2 aromatic rings. The zero-order chi connectivity index (χ0) is 14.0. The van der Waals surface area contributed by atoms with E-state index in [9.17, 15) is 4.79 Å². The molecule has 3 nitrogen and oxygen atoms in total. The zero-order valence-corrected chi connectivity index (χ0v) is 11.6. The molecule has 0 radical (unpaired) electrons. The average molecular weight is 275 g/mol. The van der Waals surface area contributed by atoms with Crippen molar-refractivity contribution in [1.82, 2.24) is 0 Å². The van der Waals surface area contributed by atoms with Gasteiger partial charge in [0.15, 0.2) is 0 Å². The van der Waals surface area contributed by atoms with Crippen LogP contribution < -0.4 is 11.1 Å². The second-order valence-electron chi connectivity index (χ2n) is 4.53. The van der Waals surface area contributed by atoms with Crippen LogP contribution in [0.2, 0.25) is 5.02 Å². The van der Waals surface area contributed by atoms with Crippen LogP contribution in [0.15, 0.2) is 36.4 Å². The van der Waals surface area contributed by atoms with Gasteiger partial charge in [0.05, 0.1) is 16.3 Å². The number of halogens is 1. The Hall–Kier alpha value is -2.00. The summed E-state index contributed by atoms with van der Waals surface area (Å²) in [4.78, 5) is 12.2. The molecule has 0 atom stereocenters. The second kappa shape index (κ2) is 5.33. The number of hydrogen-bond donors (Lipinski definition) is 2. The van der Waals surface area contributed by atoms with Crippen LogP contribution >= 0.6 is 11.6 Å². The number of nitrogens with one attached hydrogen (secondary N) is 1. The van der Waals surface area contributed by atoms with E-state index in [1.165, 1.54) is 0 Å². The molecule has 0 fully saturated rings. The summed E-state index contributed by atoms with van der Waals surface area (Å²) >= 11 is 6.09. The summed E-state index contributed by atoms with van der Waals surface area (Å²) in [6, 6.07) is 10.8. The van der Waals surface area contributed by atoms with Gasteiger partial charge in [0, 0.05) is 5.69 Å². The molecule has 0 aromatic heterocycles. The minimum absolute atomic E-state index is 0.257. The summed E-state index contributed by atoms with van der Waals surface area (Å²) in [5.41, 5.74) is 9.32. The average Bonchev–Trinajstić information content (AvgIpc) is 2.35. The fourth-order valence-corrected chi connectivity index (χ4v) is 2.06. The predicted octanol–water partition coefficient (Wildman–Crippen LogP) is 3.79. The lowest BCUT2D eigenvalue weighted by atomic mass is 10.1. The maximum absolute atomic E-state index is 12.2. The van der Waals surface area contributed by atoms with E-state index in [2.05, 4.69) is 5.32 Å². The molecule has 2 rings (SSSR count).